The summed E-state index contributed by atoms with van der Waals surface area (Å²) in [4.78, 5) is 33.6. The highest BCUT2D eigenvalue weighted by Gasteiger charge is 2.23. The largest absolute Gasteiger partial charge is 0.492 e. The molecular weight excluding hydrogens is 492 g/mol. The zero-order valence-corrected chi connectivity index (χ0v) is 22.6. The van der Waals surface area contributed by atoms with Crippen molar-refractivity contribution < 1.29 is 19.1 Å². The van der Waals surface area contributed by atoms with Crippen molar-refractivity contribution >= 4 is 28.5 Å². The van der Waals surface area contributed by atoms with Gasteiger partial charge in [0, 0.05) is 43.8 Å². The fourth-order valence-corrected chi connectivity index (χ4v) is 4.45. The number of hydrogen-bond acceptors (Lipinski definition) is 4. The first-order valence-electron chi connectivity index (χ1n) is 13.2. The van der Waals surface area contributed by atoms with Gasteiger partial charge >= 0.3 is 6.03 Å². The van der Waals surface area contributed by atoms with Gasteiger partial charge in [-0.15, -0.1) is 0 Å². The molecule has 0 spiro atoms. The van der Waals surface area contributed by atoms with Crippen LogP contribution in [0.3, 0.4) is 0 Å². The third-order valence-corrected chi connectivity index (χ3v) is 6.50. The number of fused-ring (bicyclic) bond motifs is 1. The number of anilines is 1. The summed E-state index contributed by atoms with van der Waals surface area (Å²) in [5.74, 6) is 0.443. The molecule has 3 amide bonds. The van der Waals surface area contributed by atoms with Gasteiger partial charge in [-0.25, -0.2) is 4.79 Å². The maximum Gasteiger partial charge on any atom is 0.322 e. The molecule has 0 radical (unpaired) electrons. The molecule has 0 fully saturated rings. The van der Waals surface area contributed by atoms with Crippen molar-refractivity contribution in [2.45, 2.75) is 19.9 Å². The molecule has 8 nitrogen and oxygen atoms in total. The molecule has 0 aliphatic rings. The Morgan fingerprint density at radius 3 is 2.44 bits per heavy atom. The molecule has 0 saturated heterocycles. The van der Waals surface area contributed by atoms with E-state index >= 15 is 0 Å². The second kappa shape index (κ2) is 14.0. The van der Waals surface area contributed by atoms with E-state index in [1.165, 1.54) is 4.90 Å². The Labute approximate surface area is 229 Å². The lowest BCUT2D eigenvalue weighted by Crippen LogP contribution is -2.46. The Bertz CT molecular complexity index is 1350. The van der Waals surface area contributed by atoms with E-state index in [9.17, 15) is 9.59 Å². The first kappa shape index (κ1) is 27.7. The number of methoxy groups -OCH3 is 1. The lowest BCUT2D eigenvalue weighted by molar-refractivity contribution is -0.132. The first-order valence-corrected chi connectivity index (χ1v) is 13.2. The second-order valence-corrected chi connectivity index (χ2v) is 9.18. The van der Waals surface area contributed by atoms with E-state index in [4.69, 9.17) is 9.47 Å². The predicted octanol–water partition coefficient (Wildman–Crippen LogP) is 5.32. The Morgan fingerprint density at radius 2 is 1.64 bits per heavy atom. The first-order chi connectivity index (χ1) is 19.1. The van der Waals surface area contributed by atoms with E-state index in [2.05, 4.69) is 16.4 Å². The Balaban J connectivity index is 1.50. The number of amides is 3. The third kappa shape index (κ3) is 7.61. The zero-order valence-electron chi connectivity index (χ0n) is 22.6. The van der Waals surface area contributed by atoms with Crippen LogP contribution in [-0.4, -0.2) is 66.7 Å². The van der Waals surface area contributed by atoms with E-state index in [0.29, 0.717) is 44.2 Å². The molecule has 0 aliphatic carbocycles. The SMILES string of the molecule is CCOc1ccccc1NC(=O)N(CCOC)CC(=O)N(CCc1c[nH]c2ccccc12)Cc1ccccc1. The molecule has 3 aromatic carbocycles. The van der Waals surface area contributed by atoms with Gasteiger partial charge in [0.15, 0.2) is 0 Å². The van der Waals surface area contributed by atoms with Crippen molar-refractivity contribution in [3.05, 3.63) is 96.2 Å². The lowest BCUT2D eigenvalue weighted by atomic mass is 10.1. The Morgan fingerprint density at radius 1 is 0.897 bits per heavy atom. The molecule has 0 unspecified atom stereocenters. The highest BCUT2D eigenvalue weighted by molar-refractivity contribution is 5.93. The highest BCUT2D eigenvalue weighted by Crippen LogP contribution is 2.24. The second-order valence-electron chi connectivity index (χ2n) is 9.18. The van der Waals surface area contributed by atoms with Gasteiger partial charge in [-0.1, -0.05) is 60.7 Å². The molecule has 0 atom stereocenters. The van der Waals surface area contributed by atoms with Gasteiger partial charge in [-0.3, -0.25) is 4.79 Å². The number of carbonyl (C=O) groups excluding carboxylic acids is 2. The smallest absolute Gasteiger partial charge is 0.322 e. The maximum absolute atomic E-state index is 13.7. The molecule has 1 aromatic heterocycles. The number of urea groups is 1. The standard InChI is InChI=1S/C31H36N4O4/c1-3-39-29-16-10-9-15-28(29)33-31(37)35(19-20-38-2)23-30(36)34(22-24-11-5-4-6-12-24)18-17-25-21-32-27-14-8-7-13-26(25)27/h4-16,21,32H,3,17-20,22-23H2,1-2H3,(H,33,37). The quantitative estimate of drug-likeness (QED) is 0.246. The average molecular weight is 529 g/mol. The van der Waals surface area contributed by atoms with E-state index in [-0.39, 0.29) is 25.0 Å². The van der Waals surface area contributed by atoms with Gasteiger partial charge in [-0.05, 0) is 42.7 Å². The molecule has 0 bridgehead atoms. The van der Waals surface area contributed by atoms with Crippen molar-refractivity contribution in [3.63, 3.8) is 0 Å². The van der Waals surface area contributed by atoms with Gasteiger partial charge < -0.3 is 29.6 Å². The normalized spacial score (nSPS) is 10.8. The number of benzene rings is 3. The zero-order chi connectivity index (χ0) is 27.5. The van der Waals surface area contributed by atoms with Crippen LogP contribution in [0.4, 0.5) is 10.5 Å². The van der Waals surface area contributed by atoms with Crippen LogP contribution in [-0.2, 0) is 22.5 Å². The maximum atomic E-state index is 13.7. The molecule has 8 heteroatoms. The summed E-state index contributed by atoms with van der Waals surface area (Å²) in [6.45, 7) is 3.84. The summed E-state index contributed by atoms with van der Waals surface area (Å²) in [6.07, 6.45) is 2.69. The minimum atomic E-state index is -0.385. The monoisotopic (exact) mass is 528 g/mol. The summed E-state index contributed by atoms with van der Waals surface area (Å²) in [6, 6.07) is 24.9. The number of hydrogen-bond donors (Lipinski definition) is 2. The number of carbonyl (C=O) groups is 2. The Kier molecular flexibility index (Phi) is 9.97. The van der Waals surface area contributed by atoms with E-state index in [1.54, 1.807) is 19.2 Å². The molecule has 39 heavy (non-hydrogen) atoms. The van der Waals surface area contributed by atoms with Crippen LogP contribution in [0.5, 0.6) is 5.75 Å². The number of ether oxygens (including phenoxy) is 2. The van der Waals surface area contributed by atoms with Crippen molar-refractivity contribution in [2.75, 3.05) is 45.3 Å². The van der Waals surface area contributed by atoms with Crippen molar-refractivity contribution in [1.82, 2.24) is 14.8 Å². The summed E-state index contributed by atoms with van der Waals surface area (Å²) in [5.41, 5.74) is 3.81. The fraction of sp³-hybridized carbons (Fsp3) is 0.290. The van der Waals surface area contributed by atoms with E-state index < -0.39 is 0 Å². The number of nitrogens with one attached hydrogen (secondary N) is 2. The number of aromatic nitrogens is 1. The fourth-order valence-electron chi connectivity index (χ4n) is 4.45. The van der Waals surface area contributed by atoms with E-state index in [1.807, 2.05) is 78.7 Å². The molecule has 204 valence electrons. The van der Waals surface area contributed by atoms with Crippen molar-refractivity contribution in [1.29, 1.82) is 0 Å². The van der Waals surface area contributed by atoms with Crippen molar-refractivity contribution in [3.8, 4) is 5.75 Å². The molecular formula is C31H36N4O4. The summed E-state index contributed by atoms with van der Waals surface area (Å²) in [7, 11) is 1.57. The average Bonchev–Trinajstić information content (AvgIpc) is 3.38. The van der Waals surface area contributed by atoms with Gasteiger partial charge in [0.2, 0.25) is 5.91 Å². The van der Waals surface area contributed by atoms with Crippen LogP contribution >= 0.6 is 0 Å². The number of H-pyrrole nitrogens is 1. The van der Waals surface area contributed by atoms with Gasteiger partial charge in [-0.2, -0.15) is 0 Å². The lowest BCUT2D eigenvalue weighted by Gasteiger charge is -2.28. The summed E-state index contributed by atoms with van der Waals surface area (Å²) in [5, 5.41) is 4.06. The van der Waals surface area contributed by atoms with Crippen LogP contribution < -0.4 is 10.1 Å². The number of aromatic amines is 1. The van der Waals surface area contributed by atoms with Gasteiger partial charge in [0.05, 0.1) is 18.9 Å². The van der Waals surface area contributed by atoms with Gasteiger partial charge in [0.25, 0.3) is 0 Å². The molecule has 0 saturated carbocycles. The highest BCUT2D eigenvalue weighted by atomic mass is 16.5. The van der Waals surface area contributed by atoms with Crippen LogP contribution in [0.25, 0.3) is 10.9 Å². The molecule has 0 aliphatic heterocycles. The van der Waals surface area contributed by atoms with Gasteiger partial charge in [0.1, 0.15) is 12.3 Å². The minimum absolute atomic E-state index is 0.0767. The van der Waals surface area contributed by atoms with Crippen LogP contribution in [0.2, 0.25) is 0 Å². The van der Waals surface area contributed by atoms with Crippen LogP contribution in [0.1, 0.15) is 18.1 Å². The number of rotatable bonds is 13. The minimum Gasteiger partial charge on any atom is -0.492 e. The summed E-state index contributed by atoms with van der Waals surface area (Å²) < 4.78 is 10.9. The predicted molar refractivity (Wildman–Crippen MR) is 154 cm³/mol. The number of para-hydroxylation sites is 3. The molecule has 4 aromatic rings. The van der Waals surface area contributed by atoms with Crippen LogP contribution in [0, 0.1) is 0 Å². The molecule has 4 rings (SSSR count). The third-order valence-electron chi connectivity index (χ3n) is 6.50. The van der Waals surface area contributed by atoms with E-state index in [0.717, 1.165) is 22.0 Å². The molecule has 2 N–H and O–H groups in total. The van der Waals surface area contributed by atoms with Crippen molar-refractivity contribution in [2.24, 2.45) is 0 Å². The number of nitrogens with zero attached hydrogens (tertiary/aromatic N) is 2. The Hall–Kier alpha value is -4.30. The molecule has 1 heterocycles. The van der Waals surface area contributed by atoms with Crippen LogP contribution in [0.15, 0.2) is 85.1 Å². The topological polar surface area (TPSA) is 86.9 Å². The summed E-state index contributed by atoms with van der Waals surface area (Å²) >= 11 is 0.